The third kappa shape index (κ3) is 3.99. The summed E-state index contributed by atoms with van der Waals surface area (Å²) in [5, 5.41) is 1.83. The summed E-state index contributed by atoms with van der Waals surface area (Å²) in [7, 11) is 0. The Morgan fingerprint density at radius 3 is 2.50 bits per heavy atom. The first-order valence-corrected chi connectivity index (χ1v) is 5.57. The summed E-state index contributed by atoms with van der Waals surface area (Å²) in [6.45, 7) is -0.0155. The van der Waals surface area contributed by atoms with Crippen molar-refractivity contribution >= 4 is 28.5 Å². The molecule has 0 fully saturated rings. The smallest absolute Gasteiger partial charge is 0.348 e. The molecule has 2 nitrogen and oxygen atoms in total. The third-order valence-electron chi connectivity index (χ3n) is 1.90. The van der Waals surface area contributed by atoms with Gasteiger partial charge in [-0.2, -0.15) is 13.2 Å². The first-order valence-electron chi connectivity index (χ1n) is 4.49. The van der Waals surface area contributed by atoms with Crippen molar-refractivity contribution in [3.05, 3.63) is 33.4 Å². The summed E-state index contributed by atoms with van der Waals surface area (Å²) in [6.07, 6.45) is -4.41. The van der Waals surface area contributed by atoms with Crippen molar-refractivity contribution in [2.75, 3.05) is 6.54 Å². The van der Waals surface area contributed by atoms with Gasteiger partial charge in [-0.15, -0.1) is 0 Å². The molecular formula is C10H9F3INO. The molecule has 88 valence electrons. The predicted octanol–water partition coefficient (Wildman–Crippen LogP) is 2.51. The maximum absolute atomic E-state index is 11.8. The summed E-state index contributed by atoms with van der Waals surface area (Å²) in [5.41, 5.74) is 0.922. The standard InChI is InChI=1S/C10H9F3INO/c11-10(12,13)9(16)15-6-5-7-3-1-2-4-8(7)14/h1-4H,5-6H2,(H,15,16). The SMILES string of the molecule is O=C(NCCc1ccccc1I)C(F)(F)F. The Hall–Kier alpha value is -0.790. The minimum atomic E-state index is -4.80. The zero-order valence-corrected chi connectivity index (χ0v) is 10.3. The van der Waals surface area contributed by atoms with Crippen molar-refractivity contribution in [1.82, 2.24) is 5.32 Å². The number of carbonyl (C=O) groups is 1. The zero-order chi connectivity index (χ0) is 12.2. The molecule has 0 aliphatic carbocycles. The van der Waals surface area contributed by atoms with Gasteiger partial charge in [0.15, 0.2) is 0 Å². The van der Waals surface area contributed by atoms with E-state index in [0.29, 0.717) is 6.42 Å². The van der Waals surface area contributed by atoms with Crippen LogP contribution in [0.3, 0.4) is 0 Å². The van der Waals surface area contributed by atoms with E-state index in [4.69, 9.17) is 0 Å². The summed E-state index contributed by atoms with van der Waals surface area (Å²) >= 11 is 2.10. The van der Waals surface area contributed by atoms with Gasteiger partial charge in [-0.05, 0) is 40.6 Å². The van der Waals surface area contributed by atoms with Crippen LogP contribution >= 0.6 is 22.6 Å². The molecule has 0 aliphatic rings. The van der Waals surface area contributed by atoms with Crippen LogP contribution in [0, 0.1) is 3.57 Å². The molecule has 1 amide bonds. The average molecular weight is 343 g/mol. The number of rotatable bonds is 3. The van der Waals surface area contributed by atoms with Gasteiger partial charge in [0.05, 0.1) is 0 Å². The Bertz CT molecular complexity index is 379. The number of hydrogen-bond donors (Lipinski definition) is 1. The van der Waals surface area contributed by atoms with Crippen LogP contribution in [-0.4, -0.2) is 18.6 Å². The molecule has 0 spiro atoms. The second-order valence-electron chi connectivity index (χ2n) is 3.10. The van der Waals surface area contributed by atoms with E-state index in [2.05, 4.69) is 22.6 Å². The van der Waals surface area contributed by atoms with Gasteiger partial charge in [0.25, 0.3) is 0 Å². The van der Waals surface area contributed by atoms with Crippen molar-refractivity contribution < 1.29 is 18.0 Å². The molecule has 16 heavy (non-hydrogen) atoms. The predicted molar refractivity (Wildman–Crippen MR) is 61.9 cm³/mol. The van der Waals surface area contributed by atoms with Crippen molar-refractivity contribution in [3.8, 4) is 0 Å². The second-order valence-corrected chi connectivity index (χ2v) is 4.26. The fourth-order valence-corrected chi connectivity index (χ4v) is 1.77. The van der Waals surface area contributed by atoms with E-state index >= 15 is 0 Å². The molecule has 0 unspecified atom stereocenters. The number of amides is 1. The van der Waals surface area contributed by atoms with E-state index in [0.717, 1.165) is 9.13 Å². The summed E-state index contributed by atoms with van der Waals surface area (Å²) in [5.74, 6) is -1.89. The maximum Gasteiger partial charge on any atom is 0.471 e. The lowest BCUT2D eigenvalue weighted by Crippen LogP contribution is -2.37. The number of alkyl halides is 3. The maximum atomic E-state index is 11.8. The van der Waals surface area contributed by atoms with Crippen LogP contribution in [0.15, 0.2) is 24.3 Å². The van der Waals surface area contributed by atoms with E-state index in [9.17, 15) is 18.0 Å². The first-order chi connectivity index (χ1) is 7.41. The van der Waals surface area contributed by atoms with Crippen LogP contribution in [0.4, 0.5) is 13.2 Å². The van der Waals surface area contributed by atoms with Crippen LogP contribution in [0.5, 0.6) is 0 Å². The second kappa shape index (κ2) is 5.51. The normalized spacial score (nSPS) is 11.2. The molecular weight excluding hydrogens is 334 g/mol. The highest BCUT2D eigenvalue weighted by Crippen LogP contribution is 2.14. The van der Waals surface area contributed by atoms with Gasteiger partial charge in [-0.25, -0.2) is 0 Å². The Kier molecular flexibility index (Phi) is 4.57. The molecule has 0 aromatic heterocycles. The summed E-state index contributed by atoms with van der Waals surface area (Å²) in [4.78, 5) is 10.5. The number of benzene rings is 1. The molecule has 0 radical (unpaired) electrons. The van der Waals surface area contributed by atoms with E-state index in [1.165, 1.54) is 0 Å². The van der Waals surface area contributed by atoms with Crippen molar-refractivity contribution in [2.45, 2.75) is 12.6 Å². The van der Waals surface area contributed by atoms with E-state index in [1.54, 1.807) is 0 Å². The Morgan fingerprint density at radius 2 is 1.94 bits per heavy atom. The zero-order valence-electron chi connectivity index (χ0n) is 8.14. The van der Waals surface area contributed by atoms with E-state index < -0.39 is 12.1 Å². The van der Waals surface area contributed by atoms with Gasteiger partial charge in [0, 0.05) is 10.1 Å². The molecule has 1 aromatic carbocycles. The molecule has 1 rings (SSSR count). The van der Waals surface area contributed by atoms with Gasteiger partial charge in [-0.1, -0.05) is 18.2 Å². The number of hydrogen-bond acceptors (Lipinski definition) is 1. The van der Waals surface area contributed by atoms with Gasteiger partial charge in [0.2, 0.25) is 0 Å². The van der Waals surface area contributed by atoms with Crippen LogP contribution in [0.1, 0.15) is 5.56 Å². The minimum Gasteiger partial charge on any atom is -0.348 e. The molecule has 1 N–H and O–H groups in total. The van der Waals surface area contributed by atoms with Crippen LogP contribution < -0.4 is 5.32 Å². The Morgan fingerprint density at radius 1 is 1.31 bits per heavy atom. The highest BCUT2D eigenvalue weighted by Gasteiger charge is 2.38. The summed E-state index contributed by atoms with van der Waals surface area (Å²) < 4.78 is 36.5. The molecule has 0 atom stereocenters. The molecule has 0 bridgehead atoms. The van der Waals surface area contributed by atoms with Gasteiger partial charge < -0.3 is 5.32 Å². The number of carbonyl (C=O) groups excluding carboxylic acids is 1. The van der Waals surface area contributed by atoms with Gasteiger partial charge in [0.1, 0.15) is 0 Å². The minimum absolute atomic E-state index is 0.0155. The topological polar surface area (TPSA) is 29.1 Å². The largest absolute Gasteiger partial charge is 0.471 e. The fraction of sp³-hybridized carbons (Fsp3) is 0.300. The number of halogens is 4. The Balaban J connectivity index is 2.43. The van der Waals surface area contributed by atoms with E-state index in [-0.39, 0.29) is 6.54 Å². The quantitative estimate of drug-likeness (QED) is 0.840. The van der Waals surface area contributed by atoms with Crippen molar-refractivity contribution in [1.29, 1.82) is 0 Å². The molecule has 0 aliphatic heterocycles. The first kappa shape index (κ1) is 13.3. The molecule has 6 heteroatoms. The molecule has 0 saturated carbocycles. The van der Waals surface area contributed by atoms with Crippen molar-refractivity contribution in [3.63, 3.8) is 0 Å². The van der Waals surface area contributed by atoms with Gasteiger partial charge in [-0.3, -0.25) is 4.79 Å². The van der Waals surface area contributed by atoms with Crippen LogP contribution in [0.25, 0.3) is 0 Å². The third-order valence-corrected chi connectivity index (χ3v) is 2.95. The lowest BCUT2D eigenvalue weighted by Gasteiger charge is -2.08. The number of nitrogens with one attached hydrogen (secondary N) is 1. The van der Waals surface area contributed by atoms with E-state index in [1.807, 2.05) is 29.6 Å². The highest BCUT2D eigenvalue weighted by molar-refractivity contribution is 14.1. The average Bonchev–Trinajstić information content (AvgIpc) is 2.19. The lowest BCUT2D eigenvalue weighted by molar-refractivity contribution is -0.173. The van der Waals surface area contributed by atoms with Crippen LogP contribution in [-0.2, 0) is 11.2 Å². The fourth-order valence-electron chi connectivity index (χ4n) is 1.11. The molecule has 0 saturated heterocycles. The monoisotopic (exact) mass is 343 g/mol. The summed E-state index contributed by atoms with van der Waals surface area (Å²) in [6, 6.07) is 7.34. The molecule has 0 heterocycles. The lowest BCUT2D eigenvalue weighted by atomic mass is 10.1. The van der Waals surface area contributed by atoms with Crippen molar-refractivity contribution in [2.24, 2.45) is 0 Å². The van der Waals surface area contributed by atoms with Crippen LogP contribution in [0.2, 0.25) is 0 Å². The Labute approximate surface area is 104 Å². The van der Waals surface area contributed by atoms with Gasteiger partial charge >= 0.3 is 12.1 Å². The highest BCUT2D eigenvalue weighted by atomic mass is 127. The molecule has 1 aromatic rings.